The molecule has 96 valence electrons. The quantitative estimate of drug-likeness (QED) is 0.599. The van der Waals surface area contributed by atoms with Gasteiger partial charge in [-0.05, 0) is 49.9 Å². The first-order valence-electron chi connectivity index (χ1n) is 6.84. The Balaban J connectivity index is 1.81. The van der Waals surface area contributed by atoms with Gasteiger partial charge in [-0.2, -0.15) is 0 Å². The topological polar surface area (TPSA) is 29.1 Å². The summed E-state index contributed by atoms with van der Waals surface area (Å²) in [6, 6.07) is 7.80. The van der Waals surface area contributed by atoms with Crippen LogP contribution in [0.2, 0.25) is 0 Å². The maximum absolute atomic E-state index is 11.5. The summed E-state index contributed by atoms with van der Waals surface area (Å²) in [5, 5.41) is 3.40. The summed E-state index contributed by atoms with van der Waals surface area (Å²) in [5.41, 5.74) is 3.49. The van der Waals surface area contributed by atoms with Crippen molar-refractivity contribution in [2.45, 2.75) is 39.0 Å². The van der Waals surface area contributed by atoms with Crippen LogP contribution >= 0.6 is 0 Å². The van der Waals surface area contributed by atoms with Crippen molar-refractivity contribution in [2.75, 3.05) is 11.9 Å². The highest BCUT2D eigenvalue weighted by molar-refractivity contribution is 5.96. The molecule has 1 N–H and O–H groups in total. The van der Waals surface area contributed by atoms with E-state index < -0.39 is 0 Å². The molecule has 0 spiro atoms. The molecule has 1 aliphatic rings. The standard InChI is InChI=1S/C16H21NO/c1-2-16(18)14-7-9-15(10-8-14)17-12-11-13-5-3-4-6-13/h5,7-10,17H,2-4,6,11-12H2,1H3. The van der Waals surface area contributed by atoms with Gasteiger partial charge in [0.25, 0.3) is 0 Å². The molecule has 0 aliphatic heterocycles. The molecule has 2 nitrogen and oxygen atoms in total. The van der Waals surface area contributed by atoms with Crippen molar-refractivity contribution in [3.8, 4) is 0 Å². The van der Waals surface area contributed by atoms with Gasteiger partial charge >= 0.3 is 0 Å². The highest BCUT2D eigenvalue weighted by atomic mass is 16.1. The molecule has 1 aromatic rings. The first-order chi connectivity index (χ1) is 8.79. The maximum atomic E-state index is 11.5. The predicted molar refractivity (Wildman–Crippen MR) is 76.1 cm³/mol. The van der Waals surface area contributed by atoms with Gasteiger partial charge < -0.3 is 5.32 Å². The lowest BCUT2D eigenvalue weighted by atomic mass is 10.1. The minimum atomic E-state index is 0.206. The second-order valence-electron chi connectivity index (χ2n) is 4.79. The molecule has 0 radical (unpaired) electrons. The SMILES string of the molecule is CCC(=O)c1ccc(NCCC2=CCCC2)cc1. The van der Waals surface area contributed by atoms with Crippen molar-refractivity contribution in [3.05, 3.63) is 41.5 Å². The van der Waals surface area contributed by atoms with E-state index in [9.17, 15) is 4.79 Å². The molecule has 0 heterocycles. The number of hydrogen-bond donors (Lipinski definition) is 1. The molecular formula is C16H21NO. The van der Waals surface area contributed by atoms with Gasteiger partial charge in [0.15, 0.2) is 5.78 Å². The van der Waals surface area contributed by atoms with E-state index in [-0.39, 0.29) is 5.78 Å². The van der Waals surface area contributed by atoms with Gasteiger partial charge in [-0.1, -0.05) is 18.6 Å². The van der Waals surface area contributed by atoms with Crippen molar-refractivity contribution in [2.24, 2.45) is 0 Å². The lowest BCUT2D eigenvalue weighted by Crippen LogP contribution is -2.03. The number of benzene rings is 1. The molecule has 0 atom stereocenters. The average molecular weight is 243 g/mol. The number of hydrogen-bond acceptors (Lipinski definition) is 2. The van der Waals surface area contributed by atoms with E-state index in [2.05, 4.69) is 11.4 Å². The van der Waals surface area contributed by atoms with Crippen LogP contribution in [0.5, 0.6) is 0 Å². The Morgan fingerprint density at radius 1 is 1.28 bits per heavy atom. The summed E-state index contributed by atoms with van der Waals surface area (Å²) in [5.74, 6) is 0.206. The normalized spacial score (nSPS) is 14.4. The van der Waals surface area contributed by atoms with Gasteiger partial charge in [-0.25, -0.2) is 0 Å². The molecule has 0 saturated heterocycles. The van der Waals surface area contributed by atoms with Gasteiger partial charge in [0, 0.05) is 24.2 Å². The van der Waals surface area contributed by atoms with Crippen LogP contribution in [0.25, 0.3) is 0 Å². The molecule has 0 amide bonds. The average Bonchev–Trinajstić information content (AvgIpc) is 2.92. The zero-order valence-electron chi connectivity index (χ0n) is 11.0. The summed E-state index contributed by atoms with van der Waals surface area (Å²) in [6.45, 7) is 2.87. The highest BCUT2D eigenvalue weighted by Gasteiger charge is 2.04. The van der Waals surface area contributed by atoms with Crippen LogP contribution in [-0.2, 0) is 0 Å². The lowest BCUT2D eigenvalue weighted by molar-refractivity contribution is 0.0988. The summed E-state index contributed by atoms with van der Waals surface area (Å²) in [4.78, 5) is 11.5. The van der Waals surface area contributed by atoms with E-state index in [0.29, 0.717) is 6.42 Å². The molecule has 0 unspecified atom stereocenters. The van der Waals surface area contributed by atoms with Crippen molar-refractivity contribution in [1.29, 1.82) is 0 Å². The Hall–Kier alpha value is -1.57. The number of carbonyl (C=O) groups is 1. The molecule has 1 aliphatic carbocycles. The summed E-state index contributed by atoms with van der Waals surface area (Å²) >= 11 is 0. The van der Waals surface area contributed by atoms with E-state index in [1.165, 1.54) is 19.3 Å². The zero-order valence-corrected chi connectivity index (χ0v) is 11.0. The monoisotopic (exact) mass is 243 g/mol. The first kappa shape index (κ1) is 12.9. The van der Waals surface area contributed by atoms with Crippen LogP contribution in [-0.4, -0.2) is 12.3 Å². The fourth-order valence-corrected chi connectivity index (χ4v) is 2.31. The van der Waals surface area contributed by atoms with Crippen LogP contribution in [0.3, 0.4) is 0 Å². The molecule has 18 heavy (non-hydrogen) atoms. The van der Waals surface area contributed by atoms with E-state index in [1.54, 1.807) is 5.57 Å². The zero-order chi connectivity index (χ0) is 12.8. The summed E-state index contributed by atoms with van der Waals surface area (Å²) in [6.07, 6.45) is 7.92. The van der Waals surface area contributed by atoms with E-state index in [4.69, 9.17) is 0 Å². The minimum absolute atomic E-state index is 0.206. The molecular weight excluding hydrogens is 222 g/mol. The predicted octanol–water partition coefficient (Wildman–Crippen LogP) is 4.19. The van der Waals surface area contributed by atoms with Crippen LogP contribution in [0.4, 0.5) is 5.69 Å². The van der Waals surface area contributed by atoms with Crippen molar-refractivity contribution < 1.29 is 4.79 Å². The van der Waals surface area contributed by atoms with Gasteiger partial charge in [0.2, 0.25) is 0 Å². The number of Topliss-reactive ketones (excluding diaryl/α,β-unsaturated/α-hetero) is 1. The van der Waals surface area contributed by atoms with Gasteiger partial charge in [0.05, 0.1) is 0 Å². The molecule has 0 saturated carbocycles. The van der Waals surface area contributed by atoms with E-state index in [1.807, 2.05) is 31.2 Å². The first-order valence-corrected chi connectivity index (χ1v) is 6.84. The van der Waals surface area contributed by atoms with Gasteiger partial charge in [0.1, 0.15) is 0 Å². The Bertz CT molecular complexity index is 431. The van der Waals surface area contributed by atoms with E-state index in [0.717, 1.165) is 24.2 Å². The third kappa shape index (κ3) is 3.46. The Morgan fingerprint density at radius 3 is 2.67 bits per heavy atom. The van der Waals surface area contributed by atoms with Crippen LogP contribution < -0.4 is 5.32 Å². The van der Waals surface area contributed by atoms with Crippen LogP contribution in [0.1, 0.15) is 49.4 Å². The third-order valence-electron chi connectivity index (χ3n) is 3.44. The van der Waals surface area contributed by atoms with Crippen LogP contribution in [0, 0.1) is 0 Å². The molecule has 0 fully saturated rings. The Morgan fingerprint density at radius 2 is 2.06 bits per heavy atom. The summed E-state index contributed by atoms with van der Waals surface area (Å²) in [7, 11) is 0. The molecule has 0 aromatic heterocycles. The van der Waals surface area contributed by atoms with Crippen molar-refractivity contribution in [1.82, 2.24) is 0 Å². The number of allylic oxidation sites excluding steroid dienone is 1. The van der Waals surface area contributed by atoms with Gasteiger partial charge in [-0.3, -0.25) is 4.79 Å². The number of anilines is 1. The third-order valence-corrected chi connectivity index (χ3v) is 3.44. The molecule has 2 rings (SSSR count). The number of rotatable bonds is 6. The fourth-order valence-electron chi connectivity index (χ4n) is 2.31. The smallest absolute Gasteiger partial charge is 0.162 e. The summed E-state index contributed by atoms with van der Waals surface area (Å²) < 4.78 is 0. The minimum Gasteiger partial charge on any atom is -0.385 e. The molecule has 0 bridgehead atoms. The highest BCUT2D eigenvalue weighted by Crippen LogP contribution is 2.20. The fraction of sp³-hybridized carbons (Fsp3) is 0.438. The maximum Gasteiger partial charge on any atom is 0.162 e. The number of ketones is 1. The van der Waals surface area contributed by atoms with Gasteiger partial charge in [-0.15, -0.1) is 0 Å². The van der Waals surface area contributed by atoms with E-state index >= 15 is 0 Å². The second-order valence-corrected chi connectivity index (χ2v) is 4.79. The Kier molecular flexibility index (Phi) is 4.57. The van der Waals surface area contributed by atoms with Crippen LogP contribution in [0.15, 0.2) is 35.9 Å². The largest absolute Gasteiger partial charge is 0.385 e. The number of carbonyl (C=O) groups excluding carboxylic acids is 1. The molecule has 2 heteroatoms. The Labute approximate surface area is 109 Å². The van der Waals surface area contributed by atoms with Crippen molar-refractivity contribution in [3.63, 3.8) is 0 Å². The number of nitrogens with one attached hydrogen (secondary N) is 1. The molecule has 1 aromatic carbocycles. The van der Waals surface area contributed by atoms with Crippen molar-refractivity contribution >= 4 is 11.5 Å². The second kappa shape index (κ2) is 6.39. The lowest BCUT2D eigenvalue weighted by Gasteiger charge is -2.07.